The Morgan fingerprint density at radius 1 is 0.408 bits per heavy atom. The van der Waals surface area contributed by atoms with Crippen LogP contribution in [0.5, 0.6) is 0 Å². The zero-order valence-electron chi connectivity index (χ0n) is 31.0. The number of benzene rings is 8. The summed E-state index contributed by atoms with van der Waals surface area (Å²) >= 11 is 1.66. The molecule has 0 atom stereocenters. The summed E-state index contributed by atoms with van der Waals surface area (Å²) in [6, 6.07) is 43.9. The summed E-state index contributed by atoms with van der Waals surface area (Å²) in [5.41, 5.74) is 3.66. The highest BCUT2D eigenvalue weighted by Gasteiger charge is 2.19. The number of nitrogens with zero attached hydrogens (tertiary/aromatic N) is 3. The van der Waals surface area contributed by atoms with Crippen LogP contribution < -0.4 is 0 Å². The van der Waals surface area contributed by atoms with Gasteiger partial charge in [0.1, 0.15) is 0 Å². The Balaban J connectivity index is 1.21. The van der Waals surface area contributed by atoms with Crippen molar-refractivity contribution in [2.24, 2.45) is 0 Å². The molecule has 10 rings (SSSR count). The molecule has 0 spiro atoms. The van der Waals surface area contributed by atoms with Crippen molar-refractivity contribution in [3.63, 3.8) is 0 Å². The predicted molar refractivity (Wildman–Crippen MR) is 207 cm³/mol. The molecule has 49 heavy (non-hydrogen) atoms. The molecule has 8 aromatic carbocycles. The van der Waals surface area contributed by atoms with Crippen LogP contribution in [0.15, 0.2) is 164 Å². The van der Waals surface area contributed by atoms with Gasteiger partial charge in [-0.1, -0.05) is 145 Å². The average Bonchev–Trinajstić information content (AvgIpc) is 3.62. The van der Waals surface area contributed by atoms with Crippen LogP contribution in [0.2, 0.25) is 0 Å². The van der Waals surface area contributed by atoms with E-state index >= 15 is 0 Å². The first-order valence-corrected chi connectivity index (χ1v) is 16.9. The van der Waals surface area contributed by atoms with Gasteiger partial charge in [0.25, 0.3) is 0 Å². The molecule has 10 aromatic rings. The fourth-order valence-corrected chi connectivity index (χ4v) is 8.26. The highest BCUT2D eigenvalue weighted by atomic mass is 32.1. The van der Waals surface area contributed by atoms with Crippen molar-refractivity contribution >= 4 is 63.8 Å². The van der Waals surface area contributed by atoms with Crippen molar-refractivity contribution in [2.45, 2.75) is 0 Å². The molecule has 0 N–H and O–H groups in total. The van der Waals surface area contributed by atoms with E-state index in [0.717, 1.165) is 42.4 Å². The van der Waals surface area contributed by atoms with Crippen LogP contribution in [0.4, 0.5) is 0 Å². The van der Waals surface area contributed by atoms with E-state index in [1.807, 2.05) is 42.5 Å². The van der Waals surface area contributed by atoms with Gasteiger partial charge >= 0.3 is 0 Å². The van der Waals surface area contributed by atoms with Crippen molar-refractivity contribution in [3.05, 3.63) is 164 Å². The van der Waals surface area contributed by atoms with Crippen LogP contribution >= 0.6 is 11.3 Å². The molecular weight excluding hydrogens is 615 g/mol. The fraction of sp³-hybridized carbons (Fsp3) is 0. The van der Waals surface area contributed by atoms with Crippen molar-refractivity contribution in [1.29, 1.82) is 0 Å². The topological polar surface area (TPSA) is 38.7 Å². The third-order valence-corrected chi connectivity index (χ3v) is 10.4. The molecule has 0 saturated carbocycles. The third-order valence-electron chi connectivity index (χ3n) is 9.21. The monoisotopic (exact) mass is 646 g/mol. The number of thiophene rings is 1. The number of fused-ring (bicyclic) bond motifs is 9. The van der Waals surface area contributed by atoms with Crippen molar-refractivity contribution in [2.75, 3.05) is 0 Å². The van der Waals surface area contributed by atoms with Crippen molar-refractivity contribution in [1.82, 2.24) is 15.0 Å². The molecule has 4 heteroatoms. The van der Waals surface area contributed by atoms with E-state index < -0.39 is 18.1 Å². The van der Waals surface area contributed by atoms with E-state index in [2.05, 4.69) is 96.0 Å². The van der Waals surface area contributed by atoms with Crippen LogP contribution in [0.3, 0.4) is 0 Å². The number of hydrogen-bond donors (Lipinski definition) is 0. The first kappa shape index (κ1) is 23.2. The van der Waals surface area contributed by atoms with Crippen molar-refractivity contribution in [3.8, 4) is 45.3 Å². The van der Waals surface area contributed by atoms with Gasteiger partial charge in [-0.15, -0.1) is 11.3 Å². The lowest BCUT2D eigenvalue weighted by atomic mass is 9.91. The molecular formula is C45H27N3S. The molecule has 0 amide bonds. The van der Waals surface area contributed by atoms with E-state index in [1.54, 1.807) is 11.3 Å². The van der Waals surface area contributed by atoms with Gasteiger partial charge in [-0.3, -0.25) is 0 Å². The van der Waals surface area contributed by atoms with Gasteiger partial charge in [-0.2, -0.15) is 0 Å². The molecule has 0 radical (unpaired) electrons. The van der Waals surface area contributed by atoms with E-state index in [1.165, 1.54) is 32.3 Å². The molecule has 0 fully saturated rings. The van der Waals surface area contributed by atoms with Crippen LogP contribution in [0.1, 0.15) is 6.85 Å². The smallest absolute Gasteiger partial charge is 0.165 e. The normalized spacial score (nSPS) is 13.1. The highest BCUT2D eigenvalue weighted by Crippen LogP contribution is 2.45. The SMILES string of the molecule is [2H]c1c([2H])c([2H])c(-c2nc(-c3ccccc3)nc(-c3cccc4c3sc3cccc(-c5ccc6c7ccccc7c7ccccc7c6c5)c34)n2)c([2H])c1[2H]. The van der Waals surface area contributed by atoms with Crippen LogP contribution in [-0.2, 0) is 0 Å². The average molecular weight is 647 g/mol. The minimum absolute atomic E-state index is 0.0190. The molecule has 0 aliphatic rings. The molecule has 0 saturated heterocycles. The maximum absolute atomic E-state index is 8.70. The second-order valence-corrected chi connectivity index (χ2v) is 13.0. The standard InChI is InChI=1S/C45H27N3S/c1-3-13-28(14-4-1)43-46-44(29-15-5-2-6-16-29)48-45(47-43)38-23-11-22-37-41-31(21-12-24-40(41)49-42(37)38)30-25-26-36-34-19-8-7-17-32(34)33-18-9-10-20-35(33)39(36)27-30/h1-27H/i1D,3D,4D,13D,14D. The third kappa shape index (κ3) is 4.53. The summed E-state index contributed by atoms with van der Waals surface area (Å²) in [6.45, 7) is 0. The zero-order valence-corrected chi connectivity index (χ0v) is 26.8. The Morgan fingerprint density at radius 3 is 1.71 bits per heavy atom. The summed E-state index contributed by atoms with van der Waals surface area (Å²) in [6.07, 6.45) is 0. The first-order valence-electron chi connectivity index (χ1n) is 18.5. The summed E-state index contributed by atoms with van der Waals surface area (Å²) in [7, 11) is 0. The quantitative estimate of drug-likeness (QED) is 0.179. The molecule has 0 aliphatic carbocycles. The fourth-order valence-electron chi connectivity index (χ4n) is 7.03. The maximum Gasteiger partial charge on any atom is 0.165 e. The Morgan fingerprint density at radius 2 is 0.980 bits per heavy atom. The maximum atomic E-state index is 8.70. The molecule has 0 bridgehead atoms. The molecule has 0 aliphatic heterocycles. The lowest BCUT2D eigenvalue weighted by Gasteiger charge is -2.12. The summed E-state index contributed by atoms with van der Waals surface area (Å²) in [5.74, 6) is 0.719. The summed E-state index contributed by atoms with van der Waals surface area (Å²) in [4.78, 5) is 14.5. The van der Waals surface area contributed by atoms with Crippen LogP contribution in [0.25, 0.3) is 97.8 Å². The first-order chi connectivity index (χ1) is 26.4. The van der Waals surface area contributed by atoms with E-state index in [-0.39, 0.29) is 23.5 Å². The highest BCUT2D eigenvalue weighted by molar-refractivity contribution is 7.26. The Kier molecular flexibility index (Phi) is 5.29. The second kappa shape index (κ2) is 11.2. The number of hydrogen-bond acceptors (Lipinski definition) is 4. The predicted octanol–water partition coefficient (Wildman–Crippen LogP) is 12.4. The minimum atomic E-state index is -0.467. The molecule has 228 valence electrons. The summed E-state index contributed by atoms with van der Waals surface area (Å²) < 4.78 is 44.3. The summed E-state index contributed by atoms with van der Waals surface area (Å²) in [5, 5.41) is 9.54. The Hall–Kier alpha value is -6.23. The molecule has 0 unspecified atom stereocenters. The van der Waals surface area contributed by atoms with E-state index in [4.69, 9.17) is 16.8 Å². The zero-order chi connectivity index (χ0) is 36.7. The van der Waals surface area contributed by atoms with E-state index in [9.17, 15) is 0 Å². The van der Waals surface area contributed by atoms with Gasteiger partial charge in [-0.05, 0) is 61.6 Å². The van der Waals surface area contributed by atoms with Gasteiger partial charge in [-0.25, -0.2) is 15.0 Å². The van der Waals surface area contributed by atoms with Gasteiger partial charge < -0.3 is 0 Å². The molecule has 2 aromatic heterocycles. The Labute approximate surface area is 293 Å². The molecule has 3 nitrogen and oxygen atoms in total. The lowest BCUT2D eigenvalue weighted by Crippen LogP contribution is -2.00. The van der Waals surface area contributed by atoms with Crippen LogP contribution in [-0.4, -0.2) is 15.0 Å². The lowest BCUT2D eigenvalue weighted by molar-refractivity contribution is 1.08. The van der Waals surface area contributed by atoms with Gasteiger partial charge in [0.2, 0.25) is 0 Å². The number of aromatic nitrogens is 3. The van der Waals surface area contributed by atoms with Gasteiger partial charge in [0.15, 0.2) is 17.5 Å². The van der Waals surface area contributed by atoms with Crippen LogP contribution in [0, 0.1) is 0 Å². The van der Waals surface area contributed by atoms with Gasteiger partial charge in [0.05, 0.1) is 6.85 Å². The largest absolute Gasteiger partial charge is 0.208 e. The van der Waals surface area contributed by atoms with Gasteiger partial charge in [0, 0.05) is 36.9 Å². The molecule has 2 heterocycles. The second-order valence-electron chi connectivity index (χ2n) is 12.0. The number of rotatable bonds is 4. The minimum Gasteiger partial charge on any atom is -0.208 e. The van der Waals surface area contributed by atoms with Crippen molar-refractivity contribution < 1.29 is 6.85 Å². The van der Waals surface area contributed by atoms with E-state index in [0.29, 0.717) is 11.6 Å². The Bertz CT molecular complexity index is 3120.